The van der Waals surface area contributed by atoms with Crippen molar-refractivity contribution in [1.82, 2.24) is 10.2 Å². The Morgan fingerprint density at radius 1 is 1.19 bits per heavy atom. The number of carbonyl (C=O) groups is 2. The first kappa shape index (κ1) is 25.5. The van der Waals surface area contributed by atoms with Gasteiger partial charge in [0.15, 0.2) is 0 Å². The van der Waals surface area contributed by atoms with Crippen LogP contribution >= 0.6 is 11.6 Å². The summed E-state index contributed by atoms with van der Waals surface area (Å²) in [7, 11) is -0.795. The fourth-order valence-electron chi connectivity index (χ4n) is 3.11. The van der Waals surface area contributed by atoms with Crippen molar-refractivity contribution in [2.24, 2.45) is 0 Å². The number of benzene rings is 2. The number of amides is 2. The highest BCUT2D eigenvalue weighted by atomic mass is 35.5. The number of nitrogens with one attached hydrogen (secondary N) is 1. The van der Waals surface area contributed by atoms with E-state index in [9.17, 15) is 18.0 Å². The zero-order chi connectivity index (χ0) is 24.1. The van der Waals surface area contributed by atoms with Gasteiger partial charge >= 0.3 is 0 Å². The second kappa shape index (κ2) is 10.7. The summed E-state index contributed by atoms with van der Waals surface area (Å²) in [5.74, 6) is -0.300. The van der Waals surface area contributed by atoms with Gasteiger partial charge in [-0.05, 0) is 49.2 Å². The van der Waals surface area contributed by atoms with Crippen molar-refractivity contribution >= 4 is 39.1 Å². The molecule has 0 aliphatic carbocycles. The van der Waals surface area contributed by atoms with Crippen molar-refractivity contribution in [3.8, 4) is 5.75 Å². The normalized spacial score (nSPS) is 12.1. The molecule has 0 bridgehead atoms. The minimum Gasteiger partial charge on any atom is -0.497 e. The maximum atomic E-state index is 13.3. The number of ether oxygens (including phenoxy) is 1. The molecule has 1 N–H and O–H groups in total. The summed E-state index contributed by atoms with van der Waals surface area (Å²) >= 11 is 6.17. The lowest BCUT2D eigenvalue weighted by Gasteiger charge is -2.31. The van der Waals surface area contributed by atoms with Crippen LogP contribution in [0.25, 0.3) is 0 Å². The van der Waals surface area contributed by atoms with Gasteiger partial charge in [-0.2, -0.15) is 0 Å². The first-order chi connectivity index (χ1) is 15.0. The predicted octanol–water partition coefficient (Wildman–Crippen LogP) is 2.59. The number of anilines is 1. The Hall–Kier alpha value is -2.78. The van der Waals surface area contributed by atoms with Gasteiger partial charge < -0.3 is 15.0 Å². The molecule has 2 aromatic carbocycles. The van der Waals surface area contributed by atoms with Gasteiger partial charge in [0.05, 0.1) is 19.1 Å². The maximum Gasteiger partial charge on any atom is 0.244 e. The molecule has 174 valence electrons. The molecule has 0 aliphatic heterocycles. The minimum absolute atomic E-state index is 0.0941. The summed E-state index contributed by atoms with van der Waals surface area (Å²) in [5, 5.41) is 2.92. The van der Waals surface area contributed by atoms with E-state index in [-0.39, 0.29) is 18.1 Å². The Labute approximate surface area is 194 Å². The number of sulfonamides is 1. The Morgan fingerprint density at radius 2 is 1.88 bits per heavy atom. The van der Waals surface area contributed by atoms with E-state index in [0.717, 1.165) is 21.7 Å². The van der Waals surface area contributed by atoms with Crippen LogP contribution in [0.5, 0.6) is 5.75 Å². The smallest absolute Gasteiger partial charge is 0.244 e. The first-order valence-corrected chi connectivity index (χ1v) is 12.1. The lowest BCUT2D eigenvalue weighted by molar-refractivity contribution is -0.139. The van der Waals surface area contributed by atoms with Gasteiger partial charge in [0.1, 0.15) is 18.3 Å². The monoisotopic (exact) mass is 481 g/mol. The van der Waals surface area contributed by atoms with Crippen LogP contribution in [0.15, 0.2) is 42.5 Å². The summed E-state index contributed by atoms with van der Waals surface area (Å²) in [6.45, 7) is 2.99. The van der Waals surface area contributed by atoms with Gasteiger partial charge in [0, 0.05) is 18.6 Å². The number of carbonyl (C=O) groups excluding carboxylic acids is 2. The topological polar surface area (TPSA) is 96.0 Å². The molecule has 0 unspecified atom stereocenters. The number of nitrogens with zero attached hydrogens (tertiary/aromatic N) is 2. The molecular formula is C22H28ClN3O5S. The molecule has 0 saturated heterocycles. The zero-order valence-corrected chi connectivity index (χ0v) is 20.3. The molecule has 0 saturated carbocycles. The van der Waals surface area contributed by atoms with E-state index < -0.39 is 28.5 Å². The first-order valence-electron chi connectivity index (χ1n) is 9.85. The van der Waals surface area contributed by atoms with Crippen LogP contribution in [-0.4, -0.2) is 58.1 Å². The third-order valence-electron chi connectivity index (χ3n) is 5.02. The largest absolute Gasteiger partial charge is 0.497 e. The molecule has 1 atom stereocenters. The summed E-state index contributed by atoms with van der Waals surface area (Å²) in [5.41, 5.74) is 1.78. The highest BCUT2D eigenvalue weighted by Crippen LogP contribution is 2.25. The van der Waals surface area contributed by atoms with E-state index in [1.807, 2.05) is 0 Å². The van der Waals surface area contributed by atoms with Gasteiger partial charge in [-0.1, -0.05) is 29.8 Å². The average Bonchev–Trinajstić information content (AvgIpc) is 2.75. The molecule has 8 nitrogen and oxygen atoms in total. The van der Waals surface area contributed by atoms with E-state index in [2.05, 4.69) is 5.32 Å². The number of hydrogen-bond donors (Lipinski definition) is 1. The van der Waals surface area contributed by atoms with E-state index in [0.29, 0.717) is 10.8 Å². The molecule has 32 heavy (non-hydrogen) atoms. The molecule has 0 fully saturated rings. The third-order valence-corrected chi connectivity index (χ3v) is 6.57. The molecule has 0 heterocycles. The molecule has 2 amide bonds. The van der Waals surface area contributed by atoms with Crippen molar-refractivity contribution in [2.45, 2.75) is 26.4 Å². The van der Waals surface area contributed by atoms with Crippen LogP contribution in [0, 0.1) is 6.92 Å². The van der Waals surface area contributed by atoms with Crippen molar-refractivity contribution < 1.29 is 22.7 Å². The Balaban J connectivity index is 2.41. The van der Waals surface area contributed by atoms with Crippen LogP contribution < -0.4 is 14.4 Å². The average molecular weight is 482 g/mol. The molecule has 10 heteroatoms. The standard InChI is InChI=1S/C22H28ClN3O5S/c1-15-9-10-18(12-20(15)23)26(32(5,29)30)14-21(27)25(16(2)22(28)24-3)13-17-7-6-8-19(11-17)31-4/h6-12,16H,13-14H2,1-5H3,(H,24,28)/t16-/m0/s1. The molecule has 0 aromatic heterocycles. The summed E-state index contributed by atoms with van der Waals surface area (Å²) in [6, 6.07) is 11.0. The van der Waals surface area contributed by atoms with Crippen LogP contribution in [-0.2, 0) is 26.2 Å². The lowest BCUT2D eigenvalue weighted by atomic mass is 10.1. The number of methoxy groups -OCH3 is 1. The molecule has 2 rings (SSSR count). The van der Waals surface area contributed by atoms with E-state index in [4.69, 9.17) is 16.3 Å². The molecule has 0 spiro atoms. The second-order valence-corrected chi connectivity index (χ2v) is 9.68. The van der Waals surface area contributed by atoms with Gasteiger partial charge in [-0.15, -0.1) is 0 Å². The molecular weight excluding hydrogens is 454 g/mol. The number of hydrogen-bond acceptors (Lipinski definition) is 5. The molecule has 0 radical (unpaired) electrons. The van der Waals surface area contributed by atoms with Crippen molar-refractivity contribution in [3.05, 3.63) is 58.6 Å². The number of rotatable bonds is 9. The van der Waals surface area contributed by atoms with E-state index in [1.165, 1.54) is 25.1 Å². The zero-order valence-electron chi connectivity index (χ0n) is 18.8. The SMILES string of the molecule is CNC(=O)[C@H](C)N(Cc1cccc(OC)c1)C(=O)CN(c1ccc(C)c(Cl)c1)S(C)(=O)=O. The molecule has 2 aromatic rings. The van der Waals surface area contributed by atoms with Gasteiger partial charge in [-0.3, -0.25) is 13.9 Å². The number of aryl methyl sites for hydroxylation is 1. The minimum atomic E-state index is -3.80. The van der Waals surface area contributed by atoms with E-state index in [1.54, 1.807) is 50.2 Å². The summed E-state index contributed by atoms with van der Waals surface area (Å²) < 4.78 is 31.2. The third kappa shape index (κ3) is 6.37. The summed E-state index contributed by atoms with van der Waals surface area (Å²) in [4.78, 5) is 27.0. The summed E-state index contributed by atoms with van der Waals surface area (Å²) in [6.07, 6.45) is 1.02. The fraction of sp³-hybridized carbons (Fsp3) is 0.364. The quantitative estimate of drug-likeness (QED) is 0.594. The van der Waals surface area contributed by atoms with Crippen molar-refractivity contribution in [2.75, 3.05) is 31.3 Å². The predicted molar refractivity (Wildman–Crippen MR) is 125 cm³/mol. The van der Waals surface area contributed by atoms with Crippen LogP contribution in [0.4, 0.5) is 5.69 Å². The van der Waals surface area contributed by atoms with Crippen LogP contribution in [0.2, 0.25) is 5.02 Å². The van der Waals surface area contributed by atoms with E-state index >= 15 is 0 Å². The maximum absolute atomic E-state index is 13.3. The fourth-order valence-corrected chi connectivity index (χ4v) is 4.13. The van der Waals surface area contributed by atoms with Gasteiger partial charge in [0.2, 0.25) is 21.8 Å². The Kier molecular flexibility index (Phi) is 8.51. The lowest BCUT2D eigenvalue weighted by Crippen LogP contribution is -2.50. The Morgan fingerprint density at radius 3 is 2.44 bits per heavy atom. The van der Waals surface area contributed by atoms with Crippen LogP contribution in [0.3, 0.4) is 0 Å². The highest BCUT2D eigenvalue weighted by molar-refractivity contribution is 7.92. The highest BCUT2D eigenvalue weighted by Gasteiger charge is 2.29. The van der Waals surface area contributed by atoms with Crippen molar-refractivity contribution in [1.29, 1.82) is 0 Å². The Bertz CT molecular complexity index is 1090. The van der Waals surface area contributed by atoms with Gasteiger partial charge in [-0.25, -0.2) is 8.42 Å². The van der Waals surface area contributed by atoms with Crippen LogP contribution in [0.1, 0.15) is 18.1 Å². The number of halogens is 1. The van der Waals surface area contributed by atoms with Gasteiger partial charge in [0.25, 0.3) is 0 Å². The number of likely N-dealkylation sites (N-methyl/N-ethyl adjacent to an activating group) is 1. The van der Waals surface area contributed by atoms with Crippen molar-refractivity contribution in [3.63, 3.8) is 0 Å². The second-order valence-electron chi connectivity index (χ2n) is 7.37. The molecule has 0 aliphatic rings.